The molecule has 2 aliphatic rings. The predicted molar refractivity (Wildman–Crippen MR) is 111 cm³/mol. The lowest BCUT2D eigenvalue weighted by Crippen LogP contribution is -2.49. The fourth-order valence-corrected chi connectivity index (χ4v) is 3.96. The number of hydrogen-bond acceptors (Lipinski definition) is 5. The summed E-state index contributed by atoms with van der Waals surface area (Å²) in [4.78, 5) is 28.6. The van der Waals surface area contributed by atoms with Crippen molar-refractivity contribution >= 4 is 41.0 Å². The number of halogens is 2. The van der Waals surface area contributed by atoms with Gasteiger partial charge in [-0.05, 0) is 36.6 Å². The third-order valence-electron chi connectivity index (χ3n) is 5.18. The van der Waals surface area contributed by atoms with Gasteiger partial charge in [0.05, 0.1) is 28.7 Å². The Morgan fingerprint density at radius 3 is 2.82 bits per heavy atom. The van der Waals surface area contributed by atoms with Gasteiger partial charge in [0, 0.05) is 32.7 Å². The third-order valence-corrected chi connectivity index (χ3v) is 5.92. The zero-order chi connectivity index (χ0) is 20.1. The standard InChI is InChI=1S/C20H25Cl2N3O3/c21-16-3-1-14(11-17(16)22)2-4-19(27)18(25-9-5-15(26)12-25)6-8-24-10-7-23-20(28)13-24/h1-4,11,15,18,26H,5-10,12-13H2,(H,23,28)/b4-2+. The highest BCUT2D eigenvalue weighted by atomic mass is 35.5. The monoisotopic (exact) mass is 425 g/mol. The van der Waals surface area contributed by atoms with Gasteiger partial charge in [-0.2, -0.15) is 0 Å². The molecule has 3 rings (SSSR count). The highest BCUT2D eigenvalue weighted by Gasteiger charge is 2.31. The molecule has 1 aromatic carbocycles. The number of aliphatic hydroxyl groups excluding tert-OH is 1. The highest BCUT2D eigenvalue weighted by molar-refractivity contribution is 6.42. The van der Waals surface area contributed by atoms with Gasteiger partial charge in [-0.15, -0.1) is 0 Å². The summed E-state index contributed by atoms with van der Waals surface area (Å²) in [5.74, 6) is 0.00636. The van der Waals surface area contributed by atoms with Crippen LogP contribution in [0.5, 0.6) is 0 Å². The van der Waals surface area contributed by atoms with Gasteiger partial charge in [0.25, 0.3) is 0 Å². The summed E-state index contributed by atoms with van der Waals surface area (Å²) in [6.45, 7) is 3.64. The molecule has 28 heavy (non-hydrogen) atoms. The summed E-state index contributed by atoms with van der Waals surface area (Å²) in [5, 5.41) is 13.6. The molecule has 2 atom stereocenters. The van der Waals surface area contributed by atoms with Crippen LogP contribution in [0.1, 0.15) is 18.4 Å². The number of aliphatic hydroxyl groups is 1. The highest BCUT2D eigenvalue weighted by Crippen LogP contribution is 2.23. The summed E-state index contributed by atoms with van der Waals surface area (Å²) >= 11 is 12.0. The van der Waals surface area contributed by atoms with Crippen LogP contribution in [0, 0.1) is 0 Å². The van der Waals surface area contributed by atoms with E-state index in [1.165, 1.54) is 0 Å². The second-order valence-corrected chi connectivity index (χ2v) is 8.09. The Hall–Kier alpha value is -1.44. The van der Waals surface area contributed by atoms with Gasteiger partial charge in [-0.25, -0.2) is 0 Å². The van der Waals surface area contributed by atoms with Gasteiger partial charge in [-0.3, -0.25) is 19.4 Å². The maximum atomic E-state index is 12.9. The number of likely N-dealkylation sites (tertiary alicyclic amines) is 1. The van der Waals surface area contributed by atoms with Crippen molar-refractivity contribution < 1.29 is 14.7 Å². The van der Waals surface area contributed by atoms with E-state index in [1.54, 1.807) is 30.4 Å². The van der Waals surface area contributed by atoms with Crippen LogP contribution in [0.3, 0.4) is 0 Å². The number of rotatable bonds is 7. The van der Waals surface area contributed by atoms with Crippen molar-refractivity contribution in [2.45, 2.75) is 25.0 Å². The molecule has 1 aromatic rings. The summed E-state index contributed by atoms with van der Waals surface area (Å²) in [7, 11) is 0. The van der Waals surface area contributed by atoms with Gasteiger partial charge < -0.3 is 10.4 Å². The Bertz CT molecular complexity index is 756. The average Bonchev–Trinajstić information content (AvgIpc) is 3.09. The number of nitrogens with one attached hydrogen (secondary N) is 1. The molecule has 0 aromatic heterocycles. The van der Waals surface area contributed by atoms with Crippen molar-refractivity contribution in [2.24, 2.45) is 0 Å². The van der Waals surface area contributed by atoms with Gasteiger partial charge in [0.2, 0.25) is 5.91 Å². The molecule has 2 unspecified atom stereocenters. The smallest absolute Gasteiger partial charge is 0.234 e. The molecule has 2 fully saturated rings. The van der Waals surface area contributed by atoms with Crippen LogP contribution in [-0.4, -0.2) is 78.0 Å². The molecule has 2 aliphatic heterocycles. The Morgan fingerprint density at radius 2 is 2.14 bits per heavy atom. The molecule has 2 heterocycles. The van der Waals surface area contributed by atoms with Crippen molar-refractivity contribution in [2.75, 3.05) is 39.3 Å². The number of hydrogen-bond donors (Lipinski definition) is 2. The van der Waals surface area contributed by atoms with Crippen molar-refractivity contribution in [1.82, 2.24) is 15.1 Å². The Kier molecular flexibility index (Phi) is 7.48. The van der Waals surface area contributed by atoms with E-state index in [-0.39, 0.29) is 17.7 Å². The number of benzene rings is 1. The Balaban J connectivity index is 1.66. The van der Waals surface area contributed by atoms with Crippen LogP contribution in [0.2, 0.25) is 10.0 Å². The van der Waals surface area contributed by atoms with Crippen LogP contribution in [0.25, 0.3) is 6.08 Å². The number of amides is 1. The topological polar surface area (TPSA) is 72.9 Å². The van der Waals surface area contributed by atoms with Crippen LogP contribution < -0.4 is 5.32 Å². The zero-order valence-electron chi connectivity index (χ0n) is 15.6. The minimum Gasteiger partial charge on any atom is -0.392 e. The lowest BCUT2D eigenvalue weighted by Gasteiger charge is -2.30. The van der Waals surface area contributed by atoms with E-state index < -0.39 is 6.10 Å². The minimum absolute atomic E-state index is 0.0124. The van der Waals surface area contributed by atoms with Crippen LogP contribution in [0.4, 0.5) is 0 Å². The van der Waals surface area contributed by atoms with E-state index >= 15 is 0 Å². The summed E-state index contributed by atoms with van der Waals surface area (Å²) < 4.78 is 0. The Labute approximate surface area is 175 Å². The second kappa shape index (κ2) is 9.85. The first kappa shape index (κ1) is 21.3. The zero-order valence-corrected chi connectivity index (χ0v) is 17.1. The van der Waals surface area contributed by atoms with Gasteiger partial charge in [0.1, 0.15) is 0 Å². The third kappa shape index (κ3) is 5.78. The first-order valence-electron chi connectivity index (χ1n) is 9.50. The molecule has 1 amide bonds. The molecule has 0 saturated carbocycles. The fraction of sp³-hybridized carbons (Fsp3) is 0.500. The van der Waals surface area contributed by atoms with Crippen LogP contribution in [-0.2, 0) is 9.59 Å². The van der Waals surface area contributed by atoms with Crippen molar-refractivity contribution in [3.05, 3.63) is 39.9 Å². The number of piperazine rings is 1. The van der Waals surface area contributed by atoms with Crippen molar-refractivity contribution in [1.29, 1.82) is 0 Å². The largest absolute Gasteiger partial charge is 0.392 e. The van der Waals surface area contributed by atoms with Gasteiger partial charge >= 0.3 is 0 Å². The molecule has 0 bridgehead atoms. The minimum atomic E-state index is -0.393. The van der Waals surface area contributed by atoms with Crippen molar-refractivity contribution in [3.8, 4) is 0 Å². The number of nitrogens with zero attached hydrogens (tertiary/aromatic N) is 2. The van der Waals surface area contributed by atoms with Crippen LogP contribution >= 0.6 is 23.2 Å². The molecule has 152 valence electrons. The quantitative estimate of drug-likeness (QED) is 0.651. The molecule has 2 saturated heterocycles. The number of ketones is 1. The lowest BCUT2D eigenvalue weighted by molar-refractivity contribution is -0.124. The summed E-state index contributed by atoms with van der Waals surface area (Å²) in [6, 6.07) is 4.90. The maximum absolute atomic E-state index is 12.9. The number of carbonyl (C=O) groups excluding carboxylic acids is 2. The summed E-state index contributed by atoms with van der Waals surface area (Å²) in [5.41, 5.74) is 0.802. The van der Waals surface area contributed by atoms with Gasteiger partial charge in [0.15, 0.2) is 5.78 Å². The first-order chi connectivity index (χ1) is 13.4. The second-order valence-electron chi connectivity index (χ2n) is 7.28. The molecule has 8 heteroatoms. The molecular formula is C20H25Cl2N3O3. The molecular weight excluding hydrogens is 401 g/mol. The normalized spacial score (nSPS) is 22.5. The average molecular weight is 426 g/mol. The van der Waals surface area contributed by atoms with E-state index in [4.69, 9.17) is 23.2 Å². The van der Waals surface area contributed by atoms with Crippen molar-refractivity contribution in [3.63, 3.8) is 0 Å². The molecule has 0 radical (unpaired) electrons. The molecule has 0 aliphatic carbocycles. The van der Waals surface area contributed by atoms with E-state index in [0.717, 1.165) is 12.1 Å². The van der Waals surface area contributed by atoms with E-state index in [1.807, 2.05) is 4.90 Å². The SMILES string of the molecule is O=C1CN(CCC(C(=O)/C=C/c2ccc(Cl)c(Cl)c2)N2CCC(O)C2)CCN1. The van der Waals surface area contributed by atoms with Crippen LogP contribution in [0.15, 0.2) is 24.3 Å². The van der Waals surface area contributed by atoms with E-state index in [2.05, 4.69) is 10.2 Å². The lowest BCUT2D eigenvalue weighted by atomic mass is 10.0. The number of carbonyl (C=O) groups is 2. The van der Waals surface area contributed by atoms with Gasteiger partial charge in [-0.1, -0.05) is 35.3 Å². The Morgan fingerprint density at radius 1 is 1.32 bits per heavy atom. The summed E-state index contributed by atoms with van der Waals surface area (Å²) in [6.07, 6.45) is 4.20. The molecule has 6 nitrogen and oxygen atoms in total. The first-order valence-corrected chi connectivity index (χ1v) is 10.3. The van der Waals surface area contributed by atoms with E-state index in [9.17, 15) is 14.7 Å². The molecule has 2 N–H and O–H groups in total. The van der Waals surface area contributed by atoms with E-state index in [0.29, 0.717) is 55.6 Å². The maximum Gasteiger partial charge on any atom is 0.234 e. The predicted octanol–water partition coefficient (Wildman–Crippen LogP) is 1.83. The fourth-order valence-electron chi connectivity index (χ4n) is 3.65. The molecule has 0 spiro atoms. The number of β-amino-alcohol motifs (C(OH)–C–C–N with tert-alkyl or cyclic N) is 1.